The van der Waals surface area contributed by atoms with Gasteiger partial charge in [-0.25, -0.2) is 0 Å². The van der Waals surface area contributed by atoms with Crippen LogP contribution in [0.2, 0.25) is 0 Å². The molecule has 2 heterocycles. The van der Waals surface area contributed by atoms with Crippen molar-refractivity contribution in [3.05, 3.63) is 64.0 Å². The van der Waals surface area contributed by atoms with Crippen LogP contribution in [0.1, 0.15) is 71.4 Å². The SMILES string of the molecule is CC(C)(O)[C@H](C1CC1)N1Cc2cccc(CCc3ccnc4c3CCC4)c2C1=O. The fourth-order valence-electron chi connectivity index (χ4n) is 5.55. The van der Waals surface area contributed by atoms with Crippen molar-refractivity contribution in [1.82, 2.24) is 9.88 Å². The smallest absolute Gasteiger partial charge is 0.255 e. The van der Waals surface area contributed by atoms with Crippen molar-refractivity contribution in [3.63, 3.8) is 0 Å². The fourth-order valence-corrected chi connectivity index (χ4v) is 5.55. The Labute approximate surface area is 173 Å². The lowest BCUT2D eigenvalue weighted by atomic mass is 9.92. The molecule has 0 unspecified atom stereocenters. The molecule has 0 spiro atoms. The zero-order valence-corrected chi connectivity index (χ0v) is 17.4. The summed E-state index contributed by atoms with van der Waals surface area (Å²) < 4.78 is 0. The van der Waals surface area contributed by atoms with Crippen LogP contribution in [0, 0.1) is 5.92 Å². The van der Waals surface area contributed by atoms with Gasteiger partial charge in [0.2, 0.25) is 0 Å². The average molecular weight is 391 g/mol. The molecule has 1 atom stereocenters. The van der Waals surface area contributed by atoms with Crippen molar-refractivity contribution in [2.75, 3.05) is 0 Å². The molecule has 5 rings (SSSR count). The zero-order valence-electron chi connectivity index (χ0n) is 17.4. The second-order valence-electron chi connectivity index (χ2n) is 9.57. The molecule has 3 aliphatic rings. The lowest BCUT2D eigenvalue weighted by Gasteiger charge is -2.37. The highest BCUT2D eigenvalue weighted by Gasteiger charge is 2.48. The third-order valence-electron chi connectivity index (χ3n) is 6.93. The van der Waals surface area contributed by atoms with E-state index < -0.39 is 5.60 Å². The molecule has 2 aromatic rings. The summed E-state index contributed by atoms with van der Waals surface area (Å²) in [5, 5.41) is 10.8. The minimum atomic E-state index is -0.878. The number of nitrogens with zero attached hydrogens (tertiary/aromatic N) is 2. The quantitative estimate of drug-likeness (QED) is 0.815. The number of aliphatic hydroxyl groups is 1. The standard InChI is InChI=1S/C25H30N2O2/c1-25(2,29)23(18-11-12-18)27-15-19-6-3-5-17(22(19)24(27)28)10-9-16-13-14-26-21-8-4-7-20(16)21/h3,5-6,13-14,18,23,29H,4,7-12,15H2,1-2H3/t23-/m0/s1. The zero-order chi connectivity index (χ0) is 20.2. The number of fused-ring (bicyclic) bond motifs is 2. The van der Waals surface area contributed by atoms with Crippen LogP contribution in [0.15, 0.2) is 30.5 Å². The minimum Gasteiger partial charge on any atom is -0.388 e. The van der Waals surface area contributed by atoms with Crippen LogP contribution in [0.5, 0.6) is 0 Å². The minimum absolute atomic E-state index is 0.0984. The molecule has 4 heteroatoms. The Hall–Kier alpha value is -2.20. The predicted octanol–water partition coefficient (Wildman–Crippen LogP) is 3.86. The summed E-state index contributed by atoms with van der Waals surface area (Å²) in [5.74, 6) is 0.533. The molecule has 2 aliphatic carbocycles. The monoisotopic (exact) mass is 390 g/mol. The van der Waals surface area contributed by atoms with E-state index >= 15 is 0 Å². The number of carbonyl (C=O) groups excluding carboxylic acids is 1. The molecule has 1 N–H and O–H groups in total. The van der Waals surface area contributed by atoms with E-state index in [1.165, 1.54) is 23.2 Å². The van der Waals surface area contributed by atoms with Gasteiger partial charge in [-0.15, -0.1) is 0 Å². The van der Waals surface area contributed by atoms with Crippen molar-refractivity contribution in [2.45, 2.75) is 77.0 Å². The first-order chi connectivity index (χ1) is 13.9. The Kier molecular flexibility index (Phi) is 4.50. The summed E-state index contributed by atoms with van der Waals surface area (Å²) in [5.41, 5.74) is 6.35. The van der Waals surface area contributed by atoms with Gasteiger partial charge in [0.05, 0.1) is 11.6 Å². The molecule has 29 heavy (non-hydrogen) atoms. The average Bonchev–Trinajstić information content (AvgIpc) is 3.27. The van der Waals surface area contributed by atoms with Crippen molar-refractivity contribution in [1.29, 1.82) is 0 Å². The van der Waals surface area contributed by atoms with Crippen molar-refractivity contribution in [3.8, 4) is 0 Å². The number of pyridine rings is 1. The summed E-state index contributed by atoms with van der Waals surface area (Å²) >= 11 is 0. The van der Waals surface area contributed by atoms with Gasteiger partial charge < -0.3 is 10.0 Å². The van der Waals surface area contributed by atoms with Crippen molar-refractivity contribution < 1.29 is 9.90 Å². The summed E-state index contributed by atoms with van der Waals surface area (Å²) in [6.07, 6.45) is 9.40. The number of hydrogen-bond donors (Lipinski definition) is 1. The number of hydrogen-bond acceptors (Lipinski definition) is 3. The van der Waals surface area contributed by atoms with Gasteiger partial charge in [-0.3, -0.25) is 9.78 Å². The van der Waals surface area contributed by atoms with Crippen LogP contribution in [0.25, 0.3) is 0 Å². The van der Waals surface area contributed by atoms with Gasteiger partial charge in [-0.1, -0.05) is 18.2 Å². The van der Waals surface area contributed by atoms with Gasteiger partial charge in [0.1, 0.15) is 0 Å². The summed E-state index contributed by atoms with van der Waals surface area (Å²) in [7, 11) is 0. The molecule has 1 amide bonds. The normalized spacial score (nSPS) is 19.4. The first kappa shape index (κ1) is 18.8. The van der Waals surface area contributed by atoms with Crippen LogP contribution in [0.4, 0.5) is 0 Å². The Morgan fingerprint density at radius 2 is 1.97 bits per heavy atom. The third-order valence-corrected chi connectivity index (χ3v) is 6.93. The van der Waals surface area contributed by atoms with Crippen LogP contribution >= 0.6 is 0 Å². The highest BCUT2D eigenvalue weighted by Crippen LogP contribution is 2.43. The lowest BCUT2D eigenvalue weighted by molar-refractivity contribution is -0.0224. The molecular formula is C25H30N2O2. The first-order valence-electron chi connectivity index (χ1n) is 11.0. The molecule has 0 radical (unpaired) electrons. The van der Waals surface area contributed by atoms with Crippen LogP contribution < -0.4 is 0 Å². The Morgan fingerprint density at radius 3 is 2.72 bits per heavy atom. The van der Waals surface area contributed by atoms with E-state index in [1.54, 1.807) is 0 Å². The number of aromatic nitrogens is 1. The molecule has 152 valence electrons. The topological polar surface area (TPSA) is 53.4 Å². The van der Waals surface area contributed by atoms with Crippen molar-refractivity contribution in [2.24, 2.45) is 5.92 Å². The van der Waals surface area contributed by atoms with Crippen LogP contribution in [0.3, 0.4) is 0 Å². The van der Waals surface area contributed by atoms with Crippen molar-refractivity contribution >= 4 is 5.91 Å². The van der Waals surface area contributed by atoms with E-state index in [2.05, 4.69) is 29.2 Å². The maximum Gasteiger partial charge on any atom is 0.255 e. The van der Waals surface area contributed by atoms with E-state index in [-0.39, 0.29) is 11.9 Å². The van der Waals surface area contributed by atoms with Crippen LogP contribution in [-0.2, 0) is 32.2 Å². The molecule has 1 saturated carbocycles. The Balaban J connectivity index is 1.40. The third kappa shape index (κ3) is 3.38. The van der Waals surface area contributed by atoms with E-state index in [0.29, 0.717) is 12.5 Å². The fraction of sp³-hybridized carbons (Fsp3) is 0.520. The molecule has 1 aromatic carbocycles. The highest BCUT2D eigenvalue weighted by atomic mass is 16.3. The largest absolute Gasteiger partial charge is 0.388 e. The van der Waals surface area contributed by atoms with E-state index in [1.807, 2.05) is 24.9 Å². The van der Waals surface area contributed by atoms with E-state index in [0.717, 1.165) is 55.2 Å². The van der Waals surface area contributed by atoms with Crippen LogP contribution in [-0.4, -0.2) is 32.5 Å². The summed E-state index contributed by atoms with van der Waals surface area (Å²) in [4.78, 5) is 19.9. The Bertz CT molecular complexity index is 956. The number of amides is 1. The van der Waals surface area contributed by atoms with Gasteiger partial charge in [0, 0.05) is 24.0 Å². The number of benzene rings is 1. The second-order valence-corrected chi connectivity index (χ2v) is 9.57. The predicted molar refractivity (Wildman–Crippen MR) is 113 cm³/mol. The molecule has 4 nitrogen and oxygen atoms in total. The number of rotatable bonds is 6. The highest BCUT2D eigenvalue weighted by molar-refractivity contribution is 6.00. The lowest BCUT2D eigenvalue weighted by Crippen LogP contribution is -2.51. The maximum absolute atomic E-state index is 13.4. The first-order valence-corrected chi connectivity index (χ1v) is 11.0. The van der Waals surface area contributed by atoms with E-state index in [9.17, 15) is 9.90 Å². The number of aryl methyl sites for hydroxylation is 3. The van der Waals surface area contributed by atoms with E-state index in [4.69, 9.17) is 0 Å². The van der Waals surface area contributed by atoms with Gasteiger partial charge >= 0.3 is 0 Å². The molecule has 0 saturated heterocycles. The van der Waals surface area contributed by atoms with Gasteiger partial charge in [-0.05, 0) is 93.0 Å². The maximum atomic E-state index is 13.4. The second kappa shape index (κ2) is 6.94. The molecule has 1 fully saturated rings. The van der Waals surface area contributed by atoms with Gasteiger partial charge in [-0.2, -0.15) is 0 Å². The van der Waals surface area contributed by atoms with Gasteiger partial charge in [0.25, 0.3) is 5.91 Å². The molecule has 1 aromatic heterocycles. The Morgan fingerprint density at radius 1 is 1.17 bits per heavy atom. The summed E-state index contributed by atoms with van der Waals surface area (Å²) in [6, 6.07) is 8.32. The number of carbonyl (C=O) groups is 1. The molecule has 0 bridgehead atoms. The summed E-state index contributed by atoms with van der Waals surface area (Å²) in [6.45, 7) is 4.31. The van der Waals surface area contributed by atoms with Gasteiger partial charge in [0.15, 0.2) is 0 Å². The molecular weight excluding hydrogens is 360 g/mol. The molecule has 1 aliphatic heterocycles.